The molecule has 4 rings (SSSR count). The number of amides is 2. The van der Waals surface area contributed by atoms with Crippen LogP contribution in [0.2, 0.25) is 0 Å². The Balaban J connectivity index is 1.29. The van der Waals surface area contributed by atoms with Crippen LogP contribution in [-0.2, 0) is 25.7 Å². The molecule has 42 heavy (non-hydrogen) atoms. The Labute approximate surface area is 247 Å². The summed E-state index contributed by atoms with van der Waals surface area (Å²) in [5.41, 5.74) is 5.50. The van der Waals surface area contributed by atoms with Gasteiger partial charge in [0.1, 0.15) is 6.61 Å². The zero-order valence-electron chi connectivity index (χ0n) is 24.4. The van der Waals surface area contributed by atoms with E-state index in [1.54, 1.807) is 6.92 Å². The van der Waals surface area contributed by atoms with Gasteiger partial charge in [-0.25, -0.2) is 9.59 Å². The van der Waals surface area contributed by atoms with Gasteiger partial charge in [-0.15, -0.1) is 0 Å². The first kappa shape index (κ1) is 30.8. The largest absolute Gasteiger partial charge is 0.480 e. The van der Waals surface area contributed by atoms with Gasteiger partial charge in [0.05, 0.1) is 12.7 Å². The predicted molar refractivity (Wildman–Crippen MR) is 161 cm³/mol. The van der Waals surface area contributed by atoms with Gasteiger partial charge in [-0.3, -0.25) is 4.79 Å². The Morgan fingerprint density at radius 3 is 2.05 bits per heavy atom. The van der Waals surface area contributed by atoms with Gasteiger partial charge in [0.15, 0.2) is 6.04 Å². The molecule has 0 aromatic heterocycles. The molecule has 1 aliphatic rings. The Bertz CT molecular complexity index is 1310. The van der Waals surface area contributed by atoms with Crippen LogP contribution in [0.1, 0.15) is 56.2 Å². The molecule has 0 aliphatic heterocycles. The molecule has 2 amide bonds. The fourth-order valence-corrected chi connectivity index (χ4v) is 5.56. The first-order chi connectivity index (χ1) is 20.2. The highest BCUT2D eigenvalue weighted by molar-refractivity contribution is 5.84. The minimum absolute atomic E-state index is 0.0422. The number of nitrogens with one attached hydrogen (secondary N) is 2. The van der Waals surface area contributed by atoms with Gasteiger partial charge in [0.2, 0.25) is 5.91 Å². The molecule has 3 atom stereocenters. The van der Waals surface area contributed by atoms with Gasteiger partial charge in [0, 0.05) is 18.9 Å². The molecule has 0 radical (unpaired) electrons. The zero-order valence-corrected chi connectivity index (χ0v) is 24.4. The third kappa shape index (κ3) is 8.19. The first-order valence-electron chi connectivity index (χ1n) is 14.5. The summed E-state index contributed by atoms with van der Waals surface area (Å²) in [6.07, 6.45) is -0.544. The Morgan fingerprint density at radius 2 is 1.45 bits per heavy atom. The Kier molecular flexibility index (Phi) is 10.7. The van der Waals surface area contributed by atoms with E-state index in [2.05, 4.69) is 34.9 Å². The minimum atomic E-state index is -1.20. The highest BCUT2D eigenvalue weighted by Gasteiger charge is 2.30. The van der Waals surface area contributed by atoms with E-state index in [-0.39, 0.29) is 43.9 Å². The number of carboxylic acid groups (broad SMARTS) is 1. The van der Waals surface area contributed by atoms with Crippen molar-refractivity contribution in [1.29, 1.82) is 0 Å². The van der Waals surface area contributed by atoms with E-state index in [0.717, 1.165) is 27.8 Å². The summed E-state index contributed by atoms with van der Waals surface area (Å²) >= 11 is 0. The van der Waals surface area contributed by atoms with Gasteiger partial charge >= 0.3 is 12.1 Å². The van der Waals surface area contributed by atoms with Crippen LogP contribution in [0.15, 0.2) is 78.9 Å². The van der Waals surface area contributed by atoms with E-state index in [1.165, 1.54) is 0 Å². The van der Waals surface area contributed by atoms with Crippen molar-refractivity contribution in [2.45, 2.75) is 58.3 Å². The van der Waals surface area contributed by atoms with Crippen molar-refractivity contribution < 1.29 is 29.0 Å². The maximum Gasteiger partial charge on any atom is 0.407 e. The number of fused-ring (bicyclic) bond motifs is 3. The summed E-state index contributed by atoms with van der Waals surface area (Å²) in [6.45, 7) is 6.39. The van der Waals surface area contributed by atoms with Crippen LogP contribution >= 0.6 is 0 Å². The van der Waals surface area contributed by atoms with E-state index in [0.29, 0.717) is 6.42 Å². The lowest BCUT2D eigenvalue weighted by Crippen LogP contribution is -2.49. The fraction of sp³-hybridized carbons (Fsp3) is 0.382. The molecule has 3 aromatic carbocycles. The molecule has 3 aromatic rings. The number of alkyl carbamates (subject to hydrolysis) is 1. The fourth-order valence-electron chi connectivity index (χ4n) is 5.56. The standard InChI is InChI=1S/C34H40N2O6/c1-22(2)17-25(18-31(37)36-32(33(38)39)23(3)41-20-24-11-5-4-6-12-24)19-35-34(40)42-21-30-28-15-9-7-13-26(28)27-14-8-10-16-29(27)30/h4-16,22-23,25,30,32H,17-21H2,1-3H3,(H,35,40)(H,36,37)(H,38,39)/t23-,25+,32+/m1/s1. The van der Waals surface area contributed by atoms with Crippen LogP contribution in [0.5, 0.6) is 0 Å². The second-order valence-corrected chi connectivity index (χ2v) is 11.3. The minimum Gasteiger partial charge on any atom is -0.480 e. The molecular formula is C34H40N2O6. The second-order valence-electron chi connectivity index (χ2n) is 11.3. The maximum atomic E-state index is 12.9. The highest BCUT2D eigenvalue weighted by atomic mass is 16.5. The van der Waals surface area contributed by atoms with Crippen LogP contribution in [0.25, 0.3) is 11.1 Å². The highest BCUT2D eigenvalue weighted by Crippen LogP contribution is 2.44. The topological polar surface area (TPSA) is 114 Å². The normalized spacial score (nSPS) is 14.4. The number of rotatable bonds is 14. The van der Waals surface area contributed by atoms with Gasteiger partial charge in [-0.1, -0.05) is 92.7 Å². The average molecular weight is 573 g/mol. The summed E-state index contributed by atoms with van der Waals surface area (Å²) < 4.78 is 11.4. The van der Waals surface area contributed by atoms with Gasteiger partial charge in [-0.2, -0.15) is 0 Å². The Hall–Kier alpha value is -4.17. The lowest BCUT2D eigenvalue weighted by atomic mass is 9.93. The van der Waals surface area contributed by atoms with Gasteiger partial charge < -0.3 is 25.2 Å². The number of benzene rings is 3. The molecular weight excluding hydrogens is 532 g/mol. The molecule has 0 saturated heterocycles. The van der Waals surface area contributed by atoms with Crippen LogP contribution in [-0.4, -0.2) is 48.4 Å². The predicted octanol–water partition coefficient (Wildman–Crippen LogP) is 5.75. The van der Waals surface area contributed by atoms with E-state index < -0.39 is 30.1 Å². The summed E-state index contributed by atoms with van der Waals surface area (Å²) in [5, 5.41) is 15.2. The molecule has 0 bridgehead atoms. The van der Waals surface area contributed by atoms with E-state index in [9.17, 15) is 19.5 Å². The number of carboxylic acids is 1. The number of carbonyl (C=O) groups is 3. The van der Waals surface area contributed by atoms with Crippen molar-refractivity contribution in [2.24, 2.45) is 11.8 Å². The molecule has 8 heteroatoms. The van der Waals surface area contributed by atoms with Crippen LogP contribution in [0.4, 0.5) is 4.79 Å². The average Bonchev–Trinajstić information content (AvgIpc) is 3.30. The summed E-state index contributed by atoms with van der Waals surface area (Å²) in [4.78, 5) is 37.6. The maximum absolute atomic E-state index is 12.9. The third-order valence-electron chi connectivity index (χ3n) is 7.57. The smallest absolute Gasteiger partial charge is 0.407 e. The number of hydrogen-bond acceptors (Lipinski definition) is 5. The second kappa shape index (κ2) is 14.6. The van der Waals surface area contributed by atoms with E-state index in [4.69, 9.17) is 9.47 Å². The number of ether oxygens (including phenoxy) is 2. The van der Waals surface area contributed by atoms with Crippen LogP contribution in [0.3, 0.4) is 0 Å². The van der Waals surface area contributed by atoms with Crippen molar-refractivity contribution >= 4 is 18.0 Å². The Morgan fingerprint density at radius 1 is 0.857 bits per heavy atom. The SMILES string of the molecule is CC(C)C[C@H](CNC(=O)OCC1c2ccccc2-c2ccccc21)CC(=O)N[C@H](C(=O)O)[C@@H](C)OCc1ccccc1. The summed E-state index contributed by atoms with van der Waals surface area (Å²) in [5.74, 6) is -1.53. The summed E-state index contributed by atoms with van der Waals surface area (Å²) in [6, 6.07) is 24.5. The van der Waals surface area contributed by atoms with Gasteiger partial charge in [0.25, 0.3) is 0 Å². The van der Waals surface area contributed by atoms with Crippen molar-refractivity contribution in [2.75, 3.05) is 13.2 Å². The van der Waals surface area contributed by atoms with Crippen molar-refractivity contribution in [1.82, 2.24) is 10.6 Å². The zero-order chi connectivity index (χ0) is 30.1. The van der Waals surface area contributed by atoms with Crippen molar-refractivity contribution in [3.63, 3.8) is 0 Å². The quantitative estimate of drug-likeness (QED) is 0.227. The molecule has 3 N–H and O–H groups in total. The monoisotopic (exact) mass is 572 g/mol. The molecule has 0 heterocycles. The van der Waals surface area contributed by atoms with E-state index >= 15 is 0 Å². The molecule has 0 fully saturated rings. The number of hydrogen-bond donors (Lipinski definition) is 3. The molecule has 222 valence electrons. The lowest BCUT2D eigenvalue weighted by molar-refractivity contribution is -0.146. The van der Waals surface area contributed by atoms with Crippen molar-refractivity contribution in [3.05, 3.63) is 95.6 Å². The molecule has 8 nitrogen and oxygen atoms in total. The molecule has 1 aliphatic carbocycles. The number of aliphatic carboxylic acids is 1. The van der Waals surface area contributed by atoms with Crippen LogP contribution in [0, 0.1) is 11.8 Å². The molecule has 0 unspecified atom stereocenters. The van der Waals surface area contributed by atoms with Crippen LogP contribution < -0.4 is 10.6 Å². The summed E-state index contributed by atoms with van der Waals surface area (Å²) in [7, 11) is 0. The molecule has 0 spiro atoms. The van der Waals surface area contributed by atoms with Crippen molar-refractivity contribution in [3.8, 4) is 11.1 Å². The molecule has 0 saturated carbocycles. The lowest BCUT2D eigenvalue weighted by Gasteiger charge is -2.24. The van der Waals surface area contributed by atoms with E-state index in [1.807, 2.05) is 68.4 Å². The van der Waals surface area contributed by atoms with Gasteiger partial charge in [-0.05, 0) is 53.0 Å². The number of carbonyl (C=O) groups excluding carboxylic acids is 2. The first-order valence-corrected chi connectivity index (χ1v) is 14.5. The third-order valence-corrected chi connectivity index (χ3v) is 7.57.